The SMILES string of the molecule is CCC[Si](O)(CC)CCC. The summed E-state index contributed by atoms with van der Waals surface area (Å²) in [6.45, 7) is 6.43. The van der Waals surface area contributed by atoms with Gasteiger partial charge in [0, 0.05) is 0 Å². The van der Waals surface area contributed by atoms with Gasteiger partial charge in [0.25, 0.3) is 0 Å². The lowest BCUT2D eigenvalue weighted by molar-refractivity contribution is 0.521. The van der Waals surface area contributed by atoms with E-state index in [9.17, 15) is 4.80 Å². The van der Waals surface area contributed by atoms with E-state index in [1.807, 2.05) is 0 Å². The van der Waals surface area contributed by atoms with Gasteiger partial charge in [0.05, 0.1) is 0 Å². The molecule has 0 amide bonds. The number of rotatable bonds is 5. The predicted molar refractivity (Wildman–Crippen MR) is 48.6 cm³/mol. The zero-order valence-electron chi connectivity index (χ0n) is 7.48. The molecule has 1 N–H and O–H groups in total. The predicted octanol–water partition coefficient (Wildman–Crippen LogP) is 2.76. The van der Waals surface area contributed by atoms with Crippen molar-refractivity contribution >= 4 is 8.32 Å². The first-order valence-electron chi connectivity index (χ1n) is 4.41. The van der Waals surface area contributed by atoms with Crippen molar-refractivity contribution in [3.8, 4) is 0 Å². The summed E-state index contributed by atoms with van der Waals surface area (Å²) in [5.74, 6) is 0. The van der Waals surface area contributed by atoms with Crippen molar-refractivity contribution in [1.29, 1.82) is 0 Å². The molecule has 0 radical (unpaired) electrons. The molecule has 1 nitrogen and oxygen atoms in total. The minimum atomic E-state index is -1.72. The average Bonchev–Trinajstić information content (AvgIpc) is 1.89. The Hall–Kier alpha value is 0.177. The molecule has 62 valence electrons. The first-order valence-corrected chi connectivity index (χ1v) is 6.97. The van der Waals surface area contributed by atoms with Crippen LogP contribution >= 0.6 is 0 Å². The highest BCUT2D eigenvalue weighted by Gasteiger charge is 2.25. The summed E-state index contributed by atoms with van der Waals surface area (Å²) in [6, 6.07) is 3.23. The lowest BCUT2D eigenvalue weighted by atomic mass is 10.6. The molecule has 0 aliphatic carbocycles. The molecule has 0 heterocycles. The Bertz CT molecular complexity index is 77.3. The van der Waals surface area contributed by atoms with Crippen molar-refractivity contribution in [2.24, 2.45) is 0 Å². The Kier molecular flexibility index (Phi) is 5.00. The summed E-state index contributed by atoms with van der Waals surface area (Å²) in [7, 11) is -1.72. The van der Waals surface area contributed by atoms with Gasteiger partial charge in [-0.3, -0.25) is 0 Å². The zero-order valence-corrected chi connectivity index (χ0v) is 8.48. The molecular weight excluding hydrogens is 140 g/mol. The Morgan fingerprint density at radius 2 is 1.40 bits per heavy atom. The summed E-state index contributed by atoms with van der Waals surface area (Å²) >= 11 is 0. The summed E-state index contributed by atoms with van der Waals surface area (Å²) < 4.78 is 0. The van der Waals surface area contributed by atoms with Crippen LogP contribution in [0.5, 0.6) is 0 Å². The third kappa shape index (κ3) is 3.37. The molecule has 0 aliphatic rings. The Balaban J connectivity index is 3.69. The van der Waals surface area contributed by atoms with Crippen LogP contribution in [0, 0.1) is 0 Å². The third-order valence-electron chi connectivity index (χ3n) is 2.09. The normalized spacial score (nSPS) is 12.0. The lowest BCUT2D eigenvalue weighted by Gasteiger charge is -2.21. The fourth-order valence-corrected chi connectivity index (χ4v) is 4.23. The smallest absolute Gasteiger partial charge is 0.188 e. The van der Waals surface area contributed by atoms with E-state index in [2.05, 4.69) is 20.8 Å². The van der Waals surface area contributed by atoms with Crippen LogP contribution in [0.1, 0.15) is 33.6 Å². The van der Waals surface area contributed by atoms with Crippen LogP contribution in [0.3, 0.4) is 0 Å². The zero-order chi connectivity index (χ0) is 8.04. The van der Waals surface area contributed by atoms with Crippen LogP contribution in [-0.4, -0.2) is 13.1 Å². The van der Waals surface area contributed by atoms with E-state index in [1.54, 1.807) is 0 Å². The highest BCUT2D eigenvalue weighted by Crippen LogP contribution is 2.20. The average molecular weight is 160 g/mol. The van der Waals surface area contributed by atoms with E-state index in [-0.39, 0.29) is 0 Å². The largest absolute Gasteiger partial charge is 0.432 e. The topological polar surface area (TPSA) is 20.2 Å². The highest BCUT2D eigenvalue weighted by molar-refractivity contribution is 6.72. The second-order valence-corrected chi connectivity index (χ2v) is 7.23. The van der Waals surface area contributed by atoms with E-state index in [0.717, 1.165) is 31.0 Å². The van der Waals surface area contributed by atoms with Gasteiger partial charge in [0.15, 0.2) is 8.32 Å². The summed E-state index contributed by atoms with van der Waals surface area (Å²) in [5.41, 5.74) is 0. The quantitative estimate of drug-likeness (QED) is 0.613. The van der Waals surface area contributed by atoms with Gasteiger partial charge < -0.3 is 4.80 Å². The van der Waals surface area contributed by atoms with Gasteiger partial charge in [0.2, 0.25) is 0 Å². The van der Waals surface area contributed by atoms with Crippen LogP contribution in [0.4, 0.5) is 0 Å². The molecule has 0 saturated heterocycles. The minimum absolute atomic E-state index is 1.04. The van der Waals surface area contributed by atoms with Gasteiger partial charge in [-0.2, -0.15) is 0 Å². The maximum atomic E-state index is 9.96. The van der Waals surface area contributed by atoms with Crippen LogP contribution in [0.2, 0.25) is 18.1 Å². The van der Waals surface area contributed by atoms with Gasteiger partial charge in [-0.1, -0.05) is 33.6 Å². The van der Waals surface area contributed by atoms with Crippen LogP contribution in [0.25, 0.3) is 0 Å². The lowest BCUT2D eigenvalue weighted by Crippen LogP contribution is -2.32. The fraction of sp³-hybridized carbons (Fsp3) is 1.00. The summed E-state index contributed by atoms with van der Waals surface area (Å²) in [5, 5.41) is 0. The van der Waals surface area contributed by atoms with Crippen molar-refractivity contribution < 1.29 is 4.80 Å². The van der Waals surface area contributed by atoms with Crippen molar-refractivity contribution in [3.05, 3.63) is 0 Å². The molecule has 0 fully saturated rings. The molecule has 0 saturated carbocycles. The molecule has 0 aromatic heterocycles. The van der Waals surface area contributed by atoms with E-state index in [4.69, 9.17) is 0 Å². The van der Waals surface area contributed by atoms with E-state index in [0.29, 0.717) is 0 Å². The second kappa shape index (κ2) is 4.91. The summed E-state index contributed by atoms with van der Waals surface area (Å²) in [6.07, 6.45) is 2.30. The highest BCUT2D eigenvalue weighted by atomic mass is 28.4. The second-order valence-electron chi connectivity index (χ2n) is 3.08. The number of hydrogen-bond acceptors (Lipinski definition) is 1. The van der Waals surface area contributed by atoms with E-state index in [1.165, 1.54) is 0 Å². The monoisotopic (exact) mass is 160 g/mol. The molecule has 0 aromatic carbocycles. The standard InChI is InChI=1S/C8H20OSi/c1-4-7-10(9,6-3)8-5-2/h9H,4-8H2,1-3H3. The molecule has 0 atom stereocenters. The van der Waals surface area contributed by atoms with Crippen molar-refractivity contribution in [3.63, 3.8) is 0 Å². The Labute approximate surface area is 65.6 Å². The molecule has 10 heavy (non-hydrogen) atoms. The summed E-state index contributed by atoms with van der Waals surface area (Å²) in [4.78, 5) is 9.96. The maximum Gasteiger partial charge on any atom is 0.188 e. The Morgan fingerprint density at radius 3 is 1.60 bits per heavy atom. The van der Waals surface area contributed by atoms with Crippen LogP contribution in [-0.2, 0) is 0 Å². The van der Waals surface area contributed by atoms with Gasteiger partial charge in [-0.05, 0) is 18.1 Å². The van der Waals surface area contributed by atoms with Crippen LogP contribution in [0.15, 0.2) is 0 Å². The molecular formula is C8H20OSi. The first kappa shape index (κ1) is 10.2. The van der Waals surface area contributed by atoms with Gasteiger partial charge in [0.1, 0.15) is 0 Å². The van der Waals surface area contributed by atoms with Crippen molar-refractivity contribution in [2.75, 3.05) is 0 Å². The van der Waals surface area contributed by atoms with E-state index < -0.39 is 8.32 Å². The minimum Gasteiger partial charge on any atom is -0.432 e. The first-order chi connectivity index (χ1) is 4.68. The van der Waals surface area contributed by atoms with Crippen molar-refractivity contribution in [2.45, 2.75) is 51.7 Å². The van der Waals surface area contributed by atoms with Gasteiger partial charge in [-0.25, -0.2) is 0 Å². The molecule has 0 bridgehead atoms. The van der Waals surface area contributed by atoms with Crippen molar-refractivity contribution in [1.82, 2.24) is 0 Å². The third-order valence-corrected chi connectivity index (χ3v) is 6.27. The fourth-order valence-electron chi connectivity index (χ4n) is 1.41. The van der Waals surface area contributed by atoms with E-state index >= 15 is 0 Å². The van der Waals surface area contributed by atoms with Gasteiger partial charge >= 0.3 is 0 Å². The van der Waals surface area contributed by atoms with Gasteiger partial charge in [-0.15, -0.1) is 0 Å². The maximum absolute atomic E-state index is 9.96. The molecule has 0 rings (SSSR count). The molecule has 0 unspecified atom stereocenters. The molecule has 0 aliphatic heterocycles. The molecule has 0 aromatic rings. The Morgan fingerprint density at radius 1 is 1.00 bits per heavy atom. The number of hydrogen-bond donors (Lipinski definition) is 1. The molecule has 2 heteroatoms. The van der Waals surface area contributed by atoms with Crippen LogP contribution < -0.4 is 0 Å². The molecule has 0 spiro atoms.